The highest BCUT2D eigenvalue weighted by atomic mass is 79.9. The van der Waals surface area contributed by atoms with Crippen molar-refractivity contribution in [1.82, 2.24) is 5.32 Å². The van der Waals surface area contributed by atoms with Crippen LogP contribution in [-0.2, 0) is 13.1 Å². The topological polar surface area (TPSA) is 30.5 Å². The van der Waals surface area contributed by atoms with Gasteiger partial charge in [-0.2, -0.15) is 0 Å². The van der Waals surface area contributed by atoms with E-state index in [0.717, 1.165) is 21.5 Å². The maximum Gasteiger partial charge on any atom is 0.231 e. The fourth-order valence-electron chi connectivity index (χ4n) is 2.13. The first kappa shape index (κ1) is 13.4. The van der Waals surface area contributed by atoms with E-state index in [2.05, 4.69) is 21.2 Å². The van der Waals surface area contributed by atoms with E-state index in [1.54, 1.807) is 6.07 Å². The van der Waals surface area contributed by atoms with Crippen molar-refractivity contribution in [3.8, 4) is 11.5 Å². The third-order valence-corrected chi connectivity index (χ3v) is 3.62. The van der Waals surface area contributed by atoms with Gasteiger partial charge < -0.3 is 14.8 Å². The highest BCUT2D eigenvalue weighted by Gasteiger charge is 2.16. The average Bonchev–Trinajstić information content (AvgIpc) is 2.90. The van der Waals surface area contributed by atoms with E-state index in [-0.39, 0.29) is 12.6 Å². The minimum Gasteiger partial charge on any atom is -0.454 e. The molecule has 2 aromatic rings. The van der Waals surface area contributed by atoms with Crippen molar-refractivity contribution in [3.63, 3.8) is 0 Å². The fraction of sp³-hybridized carbons (Fsp3) is 0.200. The molecular formula is C15H13BrFNO2. The molecular weight excluding hydrogens is 325 g/mol. The van der Waals surface area contributed by atoms with Gasteiger partial charge in [-0.05, 0) is 18.2 Å². The first-order chi connectivity index (χ1) is 9.74. The number of para-hydroxylation sites is 1. The number of benzene rings is 2. The molecule has 1 aliphatic heterocycles. The van der Waals surface area contributed by atoms with E-state index in [9.17, 15) is 4.39 Å². The van der Waals surface area contributed by atoms with Crippen LogP contribution in [0.1, 0.15) is 11.1 Å². The molecule has 1 N–H and O–H groups in total. The molecule has 0 fully saturated rings. The van der Waals surface area contributed by atoms with Gasteiger partial charge in [0.05, 0.1) is 0 Å². The predicted octanol–water partition coefficient (Wildman–Crippen LogP) is 3.61. The van der Waals surface area contributed by atoms with Crippen molar-refractivity contribution in [1.29, 1.82) is 0 Å². The molecule has 0 aromatic heterocycles. The van der Waals surface area contributed by atoms with Gasteiger partial charge in [-0.25, -0.2) is 4.39 Å². The number of rotatable bonds is 4. The standard InChI is InChI=1S/C15H13BrFNO2/c16-12-5-4-10(13(17)6-12)7-18-8-11-2-1-3-14-15(11)20-9-19-14/h1-6,18H,7-9H2. The van der Waals surface area contributed by atoms with Gasteiger partial charge in [-0.1, -0.05) is 34.1 Å². The van der Waals surface area contributed by atoms with E-state index in [4.69, 9.17) is 9.47 Å². The lowest BCUT2D eigenvalue weighted by atomic mass is 10.1. The number of hydrogen-bond acceptors (Lipinski definition) is 3. The normalized spacial score (nSPS) is 12.7. The predicted molar refractivity (Wildman–Crippen MR) is 77.2 cm³/mol. The van der Waals surface area contributed by atoms with Crippen LogP contribution in [0.25, 0.3) is 0 Å². The molecule has 1 heterocycles. The lowest BCUT2D eigenvalue weighted by Crippen LogP contribution is -2.14. The second kappa shape index (κ2) is 5.81. The largest absolute Gasteiger partial charge is 0.454 e. The summed E-state index contributed by atoms with van der Waals surface area (Å²) in [6, 6.07) is 10.8. The van der Waals surface area contributed by atoms with Gasteiger partial charge in [0, 0.05) is 28.7 Å². The van der Waals surface area contributed by atoms with Crippen LogP contribution < -0.4 is 14.8 Å². The van der Waals surface area contributed by atoms with Crippen LogP contribution in [0.2, 0.25) is 0 Å². The van der Waals surface area contributed by atoms with E-state index in [1.807, 2.05) is 24.3 Å². The van der Waals surface area contributed by atoms with Gasteiger partial charge in [0.2, 0.25) is 6.79 Å². The van der Waals surface area contributed by atoms with Crippen LogP contribution in [0.5, 0.6) is 11.5 Å². The van der Waals surface area contributed by atoms with Crippen molar-refractivity contribution in [2.45, 2.75) is 13.1 Å². The van der Waals surface area contributed by atoms with Crippen molar-refractivity contribution in [2.75, 3.05) is 6.79 Å². The zero-order valence-corrected chi connectivity index (χ0v) is 12.2. The van der Waals surface area contributed by atoms with Crippen LogP contribution in [-0.4, -0.2) is 6.79 Å². The Hall–Kier alpha value is -1.59. The molecule has 0 radical (unpaired) electrons. The molecule has 0 aliphatic carbocycles. The van der Waals surface area contributed by atoms with Crippen molar-refractivity contribution < 1.29 is 13.9 Å². The van der Waals surface area contributed by atoms with E-state index in [1.165, 1.54) is 6.07 Å². The second-order valence-electron chi connectivity index (χ2n) is 4.49. The Morgan fingerprint density at radius 3 is 2.80 bits per heavy atom. The summed E-state index contributed by atoms with van der Waals surface area (Å²) in [7, 11) is 0. The highest BCUT2D eigenvalue weighted by molar-refractivity contribution is 9.10. The van der Waals surface area contributed by atoms with Crippen LogP contribution in [0.15, 0.2) is 40.9 Å². The van der Waals surface area contributed by atoms with Gasteiger partial charge in [0.15, 0.2) is 11.5 Å². The molecule has 104 valence electrons. The van der Waals surface area contributed by atoms with E-state index < -0.39 is 0 Å². The molecule has 2 aromatic carbocycles. The molecule has 1 aliphatic rings. The molecule has 3 nitrogen and oxygen atoms in total. The molecule has 0 saturated heterocycles. The summed E-state index contributed by atoms with van der Waals surface area (Å²) < 4.78 is 25.2. The summed E-state index contributed by atoms with van der Waals surface area (Å²) in [4.78, 5) is 0. The highest BCUT2D eigenvalue weighted by Crippen LogP contribution is 2.35. The van der Waals surface area contributed by atoms with Crippen LogP contribution >= 0.6 is 15.9 Å². The van der Waals surface area contributed by atoms with Crippen LogP contribution in [0, 0.1) is 5.82 Å². The van der Waals surface area contributed by atoms with E-state index in [0.29, 0.717) is 18.7 Å². The van der Waals surface area contributed by atoms with Crippen molar-refractivity contribution in [2.24, 2.45) is 0 Å². The molecule has 0 unspecified atom stereocenters. The Balaban J connectivity index is 1.64. The van der Waals surface area contributed by atoms with Crippen LogP contribution in [0.4, 0.5) is 4.39 Å². The summed E-state index contributed by atoms with van der Waals surface area (Å²) >= 11 is 3.24. The summed E-state index contributed by atoms with van der Waals surface area (Å²) in [6.45, 7) is 1.32. The first-order valence-electron chi connectivity index (χ1n) is 6.26. The Kier molecular flexibility index (Phi) is 3.89. The van der Waals surface area contributed by atoms with Crippen LogP contribution in [0.3, 0.4) is 0 Å². The van der Waals surface area contributed by atoms with Crippen molar-refractivity contribution in [3.05, 3.63) is 57.8 Å². The SMILES string of the molecule is Fc1cc(Br)ccc1CNCc1cccc2c1OCO2. The van der Waals surface area contributed by atoms with Gasteiger partial charge in [0.25, 0.3) is 0 Å². The number of nitrogens with one attached hydrogen (secondary N) is 1. The van der Waals surface area contributed by atoms with E-state index >= 15 is 0 Å². The Bertz CT molecular complexity index is 633. The minimum absolute atomic E-state index is 0.218. The number of halogens is 2. The Labute approximate surface area is 124 Å². The van der Waals surface area contributed by atoms with Gasteiger partial charge in [-0.3, -0.25) is 0 Å². The zero-order chi connectivity index (χ0) is 13.9. The Morgan fingerprint density at radius 1 is 1.10 bits per heavy atom. The van der Waals surface area contributed by atoms with Gasteiger partial charge in [0.1, 0.15) is 5.82 Å². The molecule has 0 bridgehead atoms. The fourth-order valence-corrected chi connectivity index (χ4v) is 2.46. The molecule has 20 heavy (non-hydrogen) atoms. The molecule has 0 amide bonds. The Morgan fingerprint density at radius 2 is 1.95 bits per heavy atom. The summed E-state index contributed by atoms with van der Waals surface area (Å²) in [5.74, 6) is 1.32. The monoisotopic (exact) mass is 337 g/mol. The quantitative estimate of drug-likeness (QED) is 0.924. The number of fused-ring (bicyclic) bond motifs is 1. The molecule has 3 rings (SSSR count). The number of ether oxygens (including phenoxy) is 2. The second-order valence-corrected chi connectivity index (χ2v) is 5.41. The van der Waals surface area contributed by atoms with Gasteiger partial charge in [-0.15, -0.1) is 0 Å². The maximum atomic E-state index is 13.7. The zero-order valence-electron chi connectivity index (χ0n) is 10.7. The number of hydrogen-bond donors (Lipinski definition) is 1. The maximum absolute atomic E-state index is 13.7. The molecule has 0 spiro atoms. The molecule has 5 heteroatoms. The van der Waals surface area contributed by atoms with Crippen molar-refractivity contribution >= 4 is 15.9 Å². The summed E-state index contributed by atoms with van der Waals surface area (Å²) in [6.07, 6.45) is 0. The molecule has 0 atom stereocenters. The minimum atomic E-state index is -0.218. The summed E-state index contributed by atoms with van der Waals surface area (Å²) in [5, 5.41) is 3.22. The van der Waals surface area contributed by atoms with Gasteiger partial charge >= 0.3 is 0 Å². The lowest BCUT2D eigenvalue weighted by Gasteiger charge is -2.08. The first-order valence-corrected chi connectivity index (χ1v) is 7.05. The molecule has 0 saturated carbocycles. The third-order valence-electron chi connectivity index (χ3n) is 3.12. The lowest BCUT2D eigenvalue weighted by molar-refractivity contribution is 0.173. The average molecular weight is 338 g/mol. The third kappa shape index (κ3) is 2.78. The smallest absolute Gasteiger partial charge is 0.231 e. The summed E-state index contributed by atoms with van der Waals surface area (Å²) in [5.41, 5.74) is 1.65.